The van der Waals surface area contributed by atoms with Crippen LogP contribution in [0.2, 0.25) is 0 Å². The van der Waals surface area contributed by atoms with Crippen LogP contribution in [0, 0.1) is 13.8 Å². The van der Waals surface area contributed by atoms with E-state index in [1.165, 1.54) is 6.33 Å². The molecule has 0 amide bonds. The quantitative estimate of drug-likeness (QED) is 0.428. The standard InChI is InChI=1S/C18H14F3N7S/c1-8-6-11(18(19,20)21)24-17-12(8)13-14(29-17)16-25-15(26-27(16)7-22-13)10(3)28-9(2)4-5-23-28/h4-7,10H,1-3H3. The molecule has 0 radical (unpaired) electrons. The number of fused-ring (bicyclic) bond motifs is 5. The molecule has 7 nitrogen and oxygen atoms in total. The van der Waals surface area contributed by atoms with Crippen LogP contribution < -0.4 is 0 Å². The Labute approximate surface area is 165 Å². The van der Waals surface area contributed by atoms with Gasteiger partial charge in [-0.3, -0.25) is 4.68 Å². The summed E-state index contributed by atoms with van der Waals surface area (Å²) < 4.78 is 43.5. The molecule has 0 bridgehead atoms. The third-order valence-electron chi connectivity index (χ3n) is 4.88. The van der Waals surface area contributed by atoms with Gasteiger partial charge < -0.3 is 0 Å². The van der Waals surface area contributed by atoms with E-state index in [-0.39, 0.29) is 10.9 Å². The van der Waals surface area contributed by atoms with E-state index in [9.17, 15) is 13.2 Å². The third kappa shape index (κ3) is 2.68. The number of pyridine rings is 1. The highest BCUT2D eigenvalue weighted by Crippen LogP contribution is 2.38. The van der Waals surface area contributed by atoms with Crippen LogP contribution >= 0.6 is 11.3 Å². The molecule has 0 saturated carbocycles. The largest absolute Gasteiger partial charge is 0.433 e. The summed E-state index contributed by atoms with van der Waals surface area (Å²) >= 11 is 1.14. The minimum atomic E-state index is -4.50. The van der Waals surface area contributed by atoms with E-state index in [4.69, 9.17) is 0 Å². The van der Waals surface area contributed by atoms with E-state index in [0.29, 0.717) is 32.6 Å². The average Bonchev–Trinajstić information content (AvgIpc) is 3.35. The highest BCUT2D eigenvalue weighted by molar-refractivity contribution is 7.26. The van der Waals surface area contributed by atoms with Crippen LogP contribution in [0.1, 0.15) is 35.7 Å². The Morgan fingerprint density at radius 1 is 1.17 bits per heavy atom. The molecule has 11 heteroatoms. The molecule has 5 aromatic heterocycles. The van der Waals surface area contributed by atoms with Crippen molar-refractivity contribution in [1.29, 1.82) is 0 Å². The van der Waals surface area contributed by atoms with Gasteiger partial charge in [-0.1, -0.05) is 0 Å². The van der Waals surface area contributed by atoms with Crippen molar-refractivity contribution in [2.75, 3.05) is 0 Å². The van der Waals surface area contributed by atoms with Crippen LogP contribution in [0.4, 0.5) is 13.2 Å². The first kappa shape index (κ1) is 18.0. The molecule has 0 aliphatic carbocycles. The first-order valence-electron chi connectivity index (χ1n) is 8.76. The molecule has 29 heavy (non-hydrogen) atoms. The van der Waals surface area contributed by atoms with E-state index >= 15 is 0 Å². The van der Waals surface area contributed by atoms with Crippen molar-refractivity contribution in [1.82, 2.24) is 34.3 Å². The highest BCUT2D eigenvalue weighted by atomic mass is 32.1. The molecule has 0 aromatic carbocycles. The number of hydrogen-bond donors (Lipinski definition) is 0. The molecule has 5 heterocycles. The Kier molecular flexibility index (Phi) is 3.69. The maximum Gasteiger partial charge on any atom is 0.433 e. The normalized spacial score (nSPS) is 13.7. The minimum absolute atomic E-state index is 0.203. The van der Waals surface area contributed by atoms with Gasteiger partial charge in [0.1, 0.15) is 27.6 Å². The number of halogens is 3. The SMILES string of the molecule is Cc1cc(C(F)(F)F)nc2sc3c(ncn4nc(C(C)n5nccc5C)nc34)c12. The lowest BCUT2D eigenvalue weighted by Crippen LogP contribution is -2.11. The summed E-state index contributed by atoms with van der Waals surface area (Å²) in [4.78, 5) is 13.2. The number of aromatic nitrogens is 7. The average molecular weight is 417 g/mol. The molecular weight excluding hydrogens is 403 g/mol. The first-order valence-corrected chi connectivity index (χ1v) is 9.58. The Hall–Kier alpha value is -3.08. The van der Waals surface area contributed by atoms with Crippen molar-refractivity contribution in [2.45, 2.75) is 33.0 Å². The fraction of sp³-hybridized carbons (Fsp3) is 0.278. The predicted molar refractivity (Wildman–Crippen MR) is 102 cm³/mol. The summed E-state index contributed by atoms with van der Waals surface area (Å²) in [5.41, 5.74) is 1.66. The summed E-state index contributed by atoms with van der Waals surface area (Å²) in [7, 11) is 0. The van der Waals surface area contributed by atoms with Crippen molar-refractivity contribution in [3.8, 4) is 0 Å². The van der Waals surface area contributed by atoms with Gasteiger partial charge in [0.15, 0.2) is 11.5 Å². The van der Waals surface area contributed by atoms with Crippen molar-refractivity contribution >= 4 is 37.4 Å². The van der Waals surface area contributed by atoms with E-state index in [2.05, 4.69) is 25.1 Å². The lowest BCUT2D eigenvalue weighted by atomic mass is 10.1. The number of rotatable bonds is 2. The molecule has 1 unspecified atom stereocenters. The van der Waals surface area contributed by atoms with Crippen molar-refractivity contribution < 1.29 is 13.2 Å². The lowest BCUT2D eigenvalue weighted by molar-refractivity contribution is -0.141. The van der Waals surface area contributed by atoms with Gasteiger partial charge in [0.25, 0.3) is 0 Å². The number of nitrogens with zero attached hydrogens (tertiary/aromatic N) is 7. The second kappa shape index (κ2) is 5.96. The van der Waals surface area contributed by atoms with Gasteiger partial charge in [0.2, 0.25) is 0 Å². The van der Waals surface area contributed by atoms with Gasteiger partial charge in [0, 0.05) is 17.3 Å². The van der Waals surface area contributed by atoms with Crippen molar-refractivity contribution in [2.24, 2.45) is 0 Å². The van der Waals surface area contributed by atoms with E-state index in [1.54, 1.807) is 17.6 Å². The Morgan fingerprint density at radius 3 is 2.66 bits per heavy atom. The molecule has 0 aliphatic rings. The Morgan fingerprint density at radius 2 is 1.97 bits per heavy atom. The topological polar surface area (TPSA) is 73.8 Å². The molecule has 0 spiro atoms. The van der Waals surface area contributed by atoms with Crippen LogP contribution in [0.3, 0.4) is 0 Å². The maximum atomic E-state index is 13.2. The summed E-state index contributed by atoms with van der Waals surface area (Å²) in [6.45, 7) is 5.51. The third-order valence-corrected chi connectivity index (χ3v) is 5.95. The smallest absolute Gasteiger partial charge is 0.259 e. The fourth-order valence-corrected chi connectivity index (χ4v) is 4.62. The minimum Gasteiger partial charge on any atom is -0.259 e. The highest BCUT2D eigenvalue weighted by Gasteiger charge is 2.33. The summed E-state index contributed by atoms with van der Waals surface area (Å²) in [5.74, 6) is 0.546. The molecule has 0 saturated heterocycles. The Bertz CT molecular complexity index is 1400. The molecule has 5 rings (SSSR count). The van der Waals surface area contributed by atoms with Gasteiger partial charge in [0.05, 0.1) is 5.52 Å². The molecular formula is C18H14F3N7S. The molecule has 0 N–H and O–H groups in total. The van der Waals surface area contributed by atoms with Gasteiger partial charge in [-0.25, -0.2) is 19.5 Å². The lowest BCUT2D eigenvalue weighted by Gasteiger charge is -2.09. The second-order valence-electron chi connectivity index (χ2n) is 6.86. The van der Waals surface area contributed by atoms with Gasteiger partial charge >= 0.3 is 6.18 Å². The zero-order chi connectivity index (χ0) is 20.5. The molecule has 148 valence electrons. The Balaban J connectivity index is 1.74. The van der Waals surface area contributed by atoms with Crippen LogP contribution in [0.25, 0.3) is 26.1 Å². The van der Waals surface area contributed by atoms with Crippen LogP contribution in [-0.4, -0.2) is 34.3 Å². The monoisotopic (exact) mass is 417 g/mol. The number of hydrogen-bond acceptors (Lipinski definition) is 6. The molecule has 5 aromatic rings. The zero-order valence-corrected chi connectivity index (χ0v) is 16.4. The molecule has 1 atom stereocenters. The van der Waals surface area contributed by atoms with Crippen LogP contribution in [-0.2, 0) is 6.18 Å². The van der Waals surface area contributed by atoms with Gasteiger partial charge in [-0.05, 0) is 38.5 Å². The van der Waals surface area contributed by atoms with Crippen molar-refractivity contribution in [3.63, 3.8) is 0 Å². The number of alkyl halides is 3. The van der Waals surface area contributed by atoms with Crippen molar-refractivity contribution in [3.05, 3.63) is 47.4 Å². The van der Waals surface area contributed by atoms with E-state index in [0.717, 1.165) is 23.1 Å². The number of aryl methyl sites for hydroxylation is 2. The van der Waals surface area contributed by atoms with E-state index in [1.807, 2.05) is 24.6 Å². The molecule has 0 fully saturated rings. The summed E-state index contributed by atoms with van der Waals surface area (Å²) in [5, 5.41) is 9.41. The molecule has 0 aliphatic heterocycles. The zero-order valence-electron chi connectivity index (χ0n) is 15.6. The van der Waals surface area contributed by atoms with E-state index < -0.39 is 11.9 Å². The summed E-state index contributed by atoms with van der Waals surface area (Å²) in [6, 6.07) is 2.74. The van der Waals surface area contributed by atoms with Crippen LogP contribution in [0.15, 0.2) is 24.7 Å². The van der Waals surface area contributed by atoms with Crippen LogP contribution in [0.5, 0.6) is 0 Å². The first-order chi connectivity index (χ1) is 13.7. The van der Waals surface area contributed by atoms with Gasteiger partial charge in [-0.2, -0.15) is 18.3 Å². The fourth-order valence-electron chi connectivity index (χ4n) is 3.44. The second-order valence-corrected chi connectivity index (χ2v) is 7.86. The maximum absolute atomic E-state index is 13.2. The number of thiophene rings is 1. The van der Waals surface area contributed by atoms with Gasteiger partial charge in [-0.15, -0.1) is 16.4 Å². The summed E-state index contributed by atoms with van der Waals surface area (Å²) in [6.07, 6.45) is -1.27. The predicted octanol–water partition coefficient (Wildman–Crippen LogP) is 4.33.